The van der Waals surface area contributed by atoms with E-state index in [0.29, 0.717) is 30.1 Å². The zero-order valence-electron chi connectivity index (χ0n) is 16.5. The van der Waals surface area contributed by atoms with Crippen LogP contribution in [0.3, 0.4) is 0 Å². The van der Waals surface area contributed by atoms with E-state index < -0.39 is 21.2 Å². The van der Waals surface area contributed by atoms with Gasteiger partial charge in [0.2, 0.25) is 0 Å². The summed E-state index contributed by atoms with van der Waals surface area (Å²) in [4.78, 5) is 13.0. The second kappa shape index (κ2) is 6.40. The van der Waals surface area contributed by atoms with E-state index >= 15 is 0 Å². The van der Waals surface area contributed by atoms with Gasteiger partial charge in [0.1, 0.15) is 0 Å². The van der Waals surface area contributed by atoms with Gasteiger partial charge < -0.3 is 15.7 Å². The van der Waals surface area contributed by atoms with Crippen molar-refractivity contribution in [2.45, 2.75) is 57.1 Å². The first kappa shape index (κ1) is 20.0. The molecule has 1 aliphatic heterocycles. The van der Waals surface area contributed by atoms with Crippen LogP contribution in [-0.4, -0.2) is 42.9 Å². The predicted octanol–water partition coefficient (Wildman–Crippen LogP) is 3.55. The van der Waals surface area contributed by atoms with Gasteiger partial charge in [-0.25, -0.2) is 13.2 Å². The van der Waals surface area contributed by atoms with Crippen molar-refractivity contribution >= 4 is 21.6 Å². The van der Waals surface area contributed by atoms with E-state index in [4.69, 9.17) is 5.73 Å². The minimum Gasteiger partial charge on any atom is -0.465 e. The Morgan fingerprint density at radius 1 is 1.26 bits per heavy atom. The molecule has 0 radical (unpaired) electrons. The number of hydrogen-bond acceptors (Lipinski definition) is 4. The standard InChI is InChI=1S/C20H30N2O4S/c1-13-11-14(5-6-15(13)21)27(25,26)16-12-20(17(16)19(2,3)4)7-9-22(10-8-20)18(23)24/h5-6,11,16-17H,7-10,12,21H2,1-4H3,(H,23,24). The molecule has 1 amide bonds. The Hall–Kier alpha value is -1.76. The lowest BCUT2D eigenvalue weighted by Crippen LogP contribution is -2.63. The lowest BCUT2D eigenvalue weighted by Gasteiger charge is -2.62. The molecule has 1 aliphatic carbocycles. The number of amides is 1. The highest BCUT2D eigenvalue weighted by Crippen LogP contribution is 2.62. The maximum atomic E-state index is 13.4. The number of likely N-dealkylation sites (tertiary alicyclic amines) is 1. The molecule has 150 valence electrons. The first-order valence-electron chi connectivity index (χ1n) is 9.46. The van der Waals surface area contributed by atoms with Crippen molar-refractivity contribution in [3.05, 3.63) is 23.8 Å². The van der Waals surface area contributed by atoms with E-state index in [-0.39, 0.29) is 16.7 Å². The smallest absolute Gasteiger partial charge is 0.407 e. The Balaban J connectivity index is 1.91. The summed E-state index contributed by atoms with van der Waals surface area (Å²) in [5.74, 6) is 0.00352. The third-order valence-electron chi connectivity index (χ3n) is 6.57. The highest BCUT2D eigenvalue weighted by Gasteiger charge is 2.62. The minimum absolute atomic E-state index is 0.00352. The third-order valence-corrected chi connectivity index (χ3v) is 8.72. The van der Waals surface area contributed by atoms with Gasteiger partial charge in [-0.1, -0.05) is 20.8 Å². The maximum Gasteiger partial charge on any atom is 0.407 e. The van der Waals surface area contributed by atoms with Gasteiger partial charge in [0, 0.05) is 18.8 Å². The summed E-state index contributed by atoms with van der Waals surface area (Å²) in [6, 6.07) is 4.94. The van der Waals surface area contributed by atoms with Gasteiger partial charge in [0.05, 0.1) is 10.1 Å². The molecule has 2 unspecified atom stereocenters. The number of benzene rings is 1. The highest BCUT2D eigenvalue weighted by molar-refractivity contribution is 7.92. The van der Waals surface area contributed by atoms with Gasteiger partial charge in [0.15, 0.2) is 9.84 Å². The molecular weight excluding hydrogens is 364 g/mol. The van der Waals surface area contributed by atoms with Gasteiger partial charge >= 0.3 is 6.09 Å². The summed E-state index contributed by atoms with van der Waals surface area (Å²) < 4.78 is 26.8. The molecule has 0 aromatic heterocycles. The first-order chi connectivity index (χ1) is 12.4. The second-order valence-corrected chi connectivity index (χ2v) is 11.4. The summed E-state index contributed by atoms with van der Waals surface area (Å²) in [6.07, 6.45) is 1.17. The molecule has 1 heterocycles. The number of rotatable bonds is 2. The quantitative estimate of drug-likeness (QED) is 0.747. The molecule has 27 heavy (non-hydrogen) atoms. The lowest BCUT2D eigenvalue weighted by atomic mass is 9.48. The first-order valence-corrected chi connectivity index (χ1v) is 11.0. The maximum absolute atomic E-state index is 13.4. The Labute approximate surface area is 161 Å². The van der Waals surface area contributed by atoms with Crippen LogP contribution >= 0.6 is 0 Å². The monoisotopic (exact) mass is 394 g/mol. The number of carboxylic acid groups (broad SMARTS) is 1. The number of aryl methyl sites for hydroxylation is 1. The lowest BCUT2D eigenvalue weighted by molar-refractivity contribution is -0.0789. The predicted molar refractivity (Wildman–Crippen MR) is 105 cm³/mol. The molecule has 2 aliphatic rings. The molecule has 3 N–H and O–H groups in total. The molecule has 2 fully saturated rings. The molecule has 1 saturated heterocycles. The Morgan fingerprint density at radius 2 is 1.85 bits per heavy atom. The zero-order chi connectivity index (χ0) is 20.2. The van der Waals surface area contributed by atoms with Crippen molar-refractivity contribution in [2.75, 3.05) is 18.8 Å². The highest BCUT2D eigenvalue weighted by atomic mass is 32.2. The van der Waals surface area contributed by atoms with Crippen molar-refractivity contribution in [3.8, 4) is 0 Å². The molecule has 7 heteroatoms. The van der Waals surface area contributed by atoms with E-state index in [1.807, 2.05) is 6.92 Å². The number of hydrogen-bond donors (Lipinski definition) is 2. The van der Waals surface area contributed by atoms with Crippen LogP contribution in [0.5, 0.6) is 0 Å². The third kappa shape index (κ3) is 3.30. The molecule has 2 atom stereocenters. The summed E-state index contributed by atoms with van der Waals surface area (Å²) in [6.45, 7) is 9.07. The summed E-state index contributed by atoms with van der Waals surface area (Å²) in [5, 5.41) is 8.79. The van der Waals surface area contributed by atoms with Crippen molar-refractivity contribution in [3.63, 3.8) is 0 Å². The number of sulfone groups is 1. The molecular formula is C20H30N2O4S. The van der Waals surface area contributed by atoms with Gasteiger partial charge in [-0.2, -0.15) is 0 Å². The average Bonchev–Trinajstić information content (AvgIpc) is 2.53. The fourth-order valence-corrected chi connectivity index (χ4v) is 7.86. The number of nitrogens with two attached hydrogens (primary N) is 1. The normalized spacial score (nSPS) is 25.3. The van der Waals surface area contributed by atoms with Crippen molar-refractivity contribution in [1.82, 2.24) is 4.90 Å². The number of piperidine rings is 1. The minimum atomic E-state index is -3.46. The molecule has 1 saturated carbocycles. The van der Waals surface area contributed by atoms with Crippen molar-refractivity contribution < 1.29 is 18.3 Å². The topological polar surface area (TPSA) is 101 Å². The van der Waals surface area contributed by atoms with Crippen LogP contribution in [0.1, 0.15) is 45.6 Å². The molecule has 3 rings (SSSR count). The van der Waals surface area contributed by atoms with Gasteiger partial charge in [-0.15, -0.1) is 0 Å². The molecule has 1 spiro atoms. The van der Waals surface area contributed by atoms with Gasteiger partial charge in [0.25, 0.3) is 0 Å². The molecule has 1 aromatic rings. The van der Waals surface area contributed by atoms with Crippen molar-refractivity contribution in [1.29, 1.82) is 0 Å². The van der Waals surface area contributed by atoms with Crippen molar-refractivity contribution in [2.24, 2.45) is 16.7 Å². The molecule has 1 aromatic carbocycles. The molecule has 6 nitrogen and oxygen atoms in total. The summed E-state index contributed by atoms with van der Waals surface area (Å²) in [5.41, 5.74) is 6.94. The van der Waals surface area contributed by atoms with E-state index in [9.17, 15) is 18.3 Å². The van der Waals surface area contributed by atoms with Gasteiger partial charge in [-0.3, -0.25) is 0 Å². The average molecular weight is 395 g/mol. The Morgan fingerprint density at radius 3 is 2.33 bits per heavy atom. The zero-order valence-corrected chi connectivity index (χ0v) is 17.3. The number of carbonyl (C=O) groups is 1. The number of nitrogens with zero attached hydrogens (tertiary/aromatic N) is 1. The van der Waals surface area contributed by atoms with Crippen LogP contribution < -0.4 is 5.73 Å². The van der Waals surface area contributed by atoms with Gasteiger partial charge in [-0.05, 0) is 66.7 Å². The molecule has 0 bridgehead atoms. The van der Waals surface area contributed by atoms with Crippen LogP contribution in [0.2, 0.25) is 0 Å². The Kier molecular flexibility index (Phi) is 4.74. The van der Waals surface area contributed by atoms with Crippen LogP contribution in [0.15, 0.2) is 23.1 Å². The number of nitrogen functional groups attached to an aromatic ring is 1. The number of anilines is 1. The van der Waals surface area contributed by atoms with E-state index in [1.165, 1.54) is 4.90 Å². The fraction of sp³-hybridized carbons (Fsp3) is 0.650. The van der Waals surface area contributed by atoms with Crippen LogP contribution in [-0.2, 0) is 9.84 Å². The fourth-order valence-electron chi connectivity index (χ4n) is 5.30. The summed E-state index contributed by atoms with van der Waals surface area (Å²) in [7, 11) is -3.46. The van der Waals surface area contributed by atoms with E-state index in [0.717, 1.165) is 18.4 Å². The second-order valence-electron chi connectivity index (χ2n) is 9.28. The summed E-state index contributed by atoms with van der Waals surface area (Å²) >= 11 is 0. The Bertz CT molecular complexity index is 849. The SMILES string of the molecule is Cc1cc(S(=O)(=O)C2CC3(CCN(C(=O)O)CC3)C2C(C)(C)C)ccc1N. The largest absolute Gasteiger partial charge is 0.465 e. The van der Waals surface area contributed by atoms with Crippen LogP contribution in [0.4, 0.5) is 10.5 Å². The van der Waals surface area contributed by atoms with Crippen LogP contribution in [0, 0.1) is 23.7 Å². The van der Waals surface area contributed by atoms with E-state index in [1.54, 1.807) is 18.2 Å². The van der Waals surface area contributed by atoms with Crippen LogP contribution in [0.25, 0.3) is 0 Å². The van der Waals surface area contributed by atoms with E-state index in [2.05, 4.69) is 20.8 Å².